The number of aromatic nitrogens is 2. The summed E-state index contributed by atoms with van der Waals surface area (Å²) < 4.78 is 5.20. The van der Waals surface area contributed by atoms with E-state index in [0.717, 1.165) is 44.9 Å². The molecule has 1 aromatic rings. The lowest BCUT2D eigenvalue weighted by atomic mass is 9.87. The summed E-state index contributed by atoms with van der Waals surface area (Å²) in [5, 5.41) is 7.48. The third kappa shape index (κ3) is 3.42. The average Bonchev–Trinajstić information content (AvgIpc) is 3.13. The standard InChI is InChI=1S/C17H28N4O2/c1-12-19-16(21-23-12)17(9-4-2-3-5-10-17)20-15(22)14-8-6-7-13(14)11-18/h13-14H,2-11,18H2,1H3,(H,20,22)/t13-,14-/m1/s1. The molecule has 0 aromatic carbocycles. The molecule has 1 heterocycles. The van der Waals surface area contributed by atoms with Gasteiger partial charge in [-0.3, -0.25) is 4.79 Å². The van der Waals surface area contributed by atoms with E-state index in [-0.39, 0.29) is 11.8 Å². The highest BCUT2D eigenvalue weighted by Crippen LogP contribution is 2.37. The van der Waals surface area contributed by atoms with Crippen LogP contribution >= 0.6 is 0 Å². The van der Waals surface area contributed by atoms with Crippen LogP contribution < -0.4 is 11.1 Å². The number of nitrogens with one attached hydrogen (secondary N) is 1. The molecule has 2 fully saturated rings. The Morgan fingerprint density at radius 3 is 2.61 bits per heavy atom. The van der Waals surface area contributed by atoms with Gasteiger partial charge in [-0.25, -0.2) is 0 Å². The summed E-state index contributed by atoms with van der Waals surface area (Å²) in [5.41, 5.74) is 5.38. The van der Waals surface area contributed by atoms with Crippen LogP contribution in [-0.4, -0.2) is 22.6 Å². The van der Waals surface area contributed by atoms with E-state index in [2.05, 4.69) is 15.5 Å². The third-order valence-corrected chi connectivity index (χ3v) is 5.57. The fraction of sp³-hybridized carbons (Fsp3) is 0.824. The molecule has 2 saturated carbocycles. The van der Waals surface area contributed by atoms with Gasteiger partial charge in [0.1, 0.15) is 5.54 Å². The normalized spacial score (nSPS) is 27.6. The molecule has 23 heavy (non-hydrogen) atoms. The number of hydrogen-bond donors (Lipinski definition) is 2. The molecule has 0 spiro atoms. The van der Waals surface area contributed by atoms with Crippen molar-refractivity contribution >= 4 is 5.91 Å². The van der Waals surface area contributed by atoms with Gasteiger partial charge in [-0.05, 0) is 38.1 Å². The second kappa shape index (κ2) is 6.99. The lowest BCUT2D eigenvalue weighted by molar-refractivity contribution is -0.128. The Hall–Kier alpha value is -1.43. The van der Waals surface area contributed by atoms with Crippen LogP contribution in [0.5, 0.6) is 0 Å². The fourth-order valence-corrected chi connectivity index (χ4v) is 4.22. The van der Waals surface area contributed by atoms with Gasteiger partial charge in [0.25, 0.3) is 0 Å². The van der Waals surface area contributed by atoms with Crippen molar-refractivity contribution in [1.82, 2.24) is 15.5 Å². The van der Waals surface area contributed by atoms with E-state index in [0.29, 0.717) is 24.2 Å². The molecule has 1 aromatic heterocycles. The van der Waals surface area contributed by atoms with Gasteiger partial charge in [0, 0.05) is 12.8 Å². The van der Waals surface area contributed by atoms with Gasteiger partial charge in [-0.2, -0.15) is 4.98 Å². The molecule has 3 N–H and O–H groups in total. The maximum atomic E-state index is 12.9. The summed E-state index contributed by atoms with van der Waals surface area (Å²) in [6.07, 6.45) is 9.42. The molecule has 1 amide bonds. The van der Waals surface area contributed by atoms with Crippen molar-refractivity contribution in [1.29, 1.82) is 0 Å². The second-order valence-corrected chi connectivity index (χ2v) is 7.16. The number of carbonyl (C=O) groups excluding carboxylic acids is 1. The summed E-state index contributed by atoms with van der Waals surface area (Å²) in [6, 6.07) is 0. The van der Waals surface area contributed by atoms with E-state index in [1.807, 2.05) is 0 Å². The topological polar surface area (TPSA) is 94.0 Å². The first-order valence-corrected chi connectivity index (χ1v) is 8.97. The molecule has 6 nitrogen and oxygen atoms in total. The first-order valence-electron chi connectivity index (χ1n) is 8.97. The molecular formula is C17H28N4O2. The number of carbonyl (C=O) groups is 1. The van der Waals surface area contributed by atoms with Gasteiger partial charge in [-0.15, -0.1) is 0 Å². The predicted molar refractivity (Wildman–Crippen MR) is 86.4 cm³/mol. The number of aryl methyl sites for hydroxylation is 1. The van der Waals surface area contributed by atoms with Gasteiger partial charge in [0.15, 0.2) is 5.82 Å². The summed E-state index contributed by atoms with van der Waals surface area (Å²) in [5.74, 6) is 1.67. The summed E-state index contributed by atoms with van der Waals surface area (Å²) in [4.78, 5) is 17.4. The Morgan fingerprint density at radius 1 is 1.26 bits per heavy atom. The first-order chi connectivity index (χ1) is 11.1. The maximum absolute atomic E-state index is 12.9. The zero-order chi connectivity index (χ0) is 16.3. The van der Waals surface area contributed by atoms with E-state index in [9.17, 15) is 4.79 Å². The first kappa shape index (κ1) is 16.4. The lowest BCUT2D eigenvalue weighted by Gasteiger charge is -2.32. The monoisotopic (exact) mass is 320 g/mol. The van der Waals surface area contributed by atoms with Crippen molar-refractivity contribution in [2.45, 2.75) is 70.3 Å². The number of nitrogens with two attached hydrogens (primary N) is 1. The van der Waals surface area contributed by atoms with Crippen LogP contribution in [0.2, 0.25) is 0 Å². The molecule has 0 aliphatic heterocycles. The second-order valence-electron chi connectivity index (χ2n) is 7.16. The van der Waals surface area contributed by atoms with E-state index in [4.69, 9.17) is 10.3 Å². The number of hydrogen-bond acceptors (Lipinski definition) is 5. The molecule has 128 valence electrons. The van der Waals surface area contributed by atoms with E-state index >= 15 is 0 Å². The van der Waals surface area contributed by atoms with Crippen LogP contribution in [0.15, 0.2) is 4.52 Å². The number of nitrogens with zero attached hydrogens (tertiary/aromatic N) is 2. The van der Waals surface area contributed by atoms with Crippen LogP contribution in [-0.2, 0) is 10.3 Å². The zero-order valence-electron chi connectivity index (χ0n) is 14.0. The minimum Gasteiger partial charge on any atom is -0.343 e. The van der Waals surface area contributed by atoms with Crippen molar-refractivity contribution in [3.63, 3.8) is 0 Å². The van der Waals surface area contributed by atoms with Gasteiger partial charge < -0.3 is 15.6 Å². The van der Waals surface area contributed by atoms with Gasteiger partial charge in [-0.1, -0.05) is 37.3 Å². The van der Waals surface area contributed by atoms with Crippen molar-refractivity contribution in [2.75, 3.05) is 6.54 Å². The van der Waals surface area contributed by atoms with E-state index in [1.54, 1.807) is 6.92 Å². The minimum absolute atomic E-state index is 0.0353. The largest absolute Gasteiger partial charge is 0.343 e. The van der Waals surface area contributed by atoms with Crippen LogP contribution in [0.3, 0.4) is 0 Å². The van der Waals surface area contributed by atoms with Crippen molar-refractivity contribution in [3.05, 3.63) is 11.7 Å². The zero-order valence-corrected chi connectivity index (χ0v) is 14.0. The molecule has 0 radical (unpaired) electrons. The average molecular weight is 320 g/mol. The van der Waals surface area contributed by atoms with Crippen LogP contribution in [0.25, 0.3) is 0 Å². The molecule has 0 unspecified atom stereocenters. The number of rotatable bonds is 4. The summed E-state index contributed by atoms with van der Waals surface area (Å²) in [6.45, 7) is 2.39. The van der Waals surface area contributed by atoms with Crippen LogP contribution in [0, 0.1) is 18.8 Å². The van der Waals surface area contributed by atoms with Crippen LogP contribution in [0.1, 0.15) is 69.5 Å². The Morgan fingerprint density at radius 2 is 2.00 bits per heavy atom. The van der Waals surface area contributed by atoms with Gasteiger partial charge in [0.05, 0.1) is 0 Å². The molecule has 0 bridgehead atoms. The molecule has 3 rings (SSSR count). The van der Waals surface area contributed by atoms with Crippen molar-refractivity contribution in [3.8, 4) is 0 Å². The molecule has 2 aliphatic carbocycles. The Labute approximate surface area is 137 Å². The van der Waals surface area contributed by atoms with Crippen molar-refractivity contribution < 1.29 is 9.32 Å². The SMILES string of the molecule is Cc1nc(C2(NC(=O)[C@@H]3CCC[C@@H]3CN)CCCCCC2)no1. The molecular weight excluding hydrogens is 292 g/mol. The Bertz CT molecular complexity index is 534. The lowest BCUT2D eigenvalue weighted by Crippen LogP contribution is -2.49. The maximum Gasteiger partial charge on any atom is 0.224 e. The molecule has 0 saturated heterocycles. The number of amides is 1. The molecule has 6 heteroatoms. The Balaban J connectivity index is 1.82. The van der Waals surface area contributed by atoms with Crippen LogP contribution in [0.4, 0.5) is 0 Å². The molecule has 2 aliphatic rings. The van der Waals surface area contributed by atoms with E-state index in [1.165, 1.54) is 12.8 Å². The quantitative estimate of drug-likeness (QED) is 0.831. The predicted octanol–water partition coefficient (Wildman–Crippen LogP) is 2.42. The highest BCUT2D eigenvalue weighted by atomic mass is 16.5. The summed E-state index contributed by atoms with van der Waals surface area (Å²) >= 11 is 0. The van der Waals surface area contributed by atoms with Gasteiger partial charge >= 0.3 is 0 Å². The molecule has 2 atom stereocenters. The summed E-state index contributed by atoms with van der Waals surface area (Å²) in [7, 11) is 0. The van der Waals surface area contributed by atoms with Gasteiger partial charge in [0.2, 0.25) is 11.8 Å². The van der Waals surface area contributed by atoms with E-state index < -0.39 is 5.54 Å². The highest BCUT2D eigenvalue weighted by Gasteiger charge is 2.42. The highest BCUT2D eigenvalue weighted by molar-refractivity contribution is 5.80. The minimum atomic E-state index is -0.465. The Kier molecular flexibility index (Phi) is 4.99. The van der Waals surface area contributed by atoms with Crippen molar-refractivity contribution in [2.24, 2.45) is 17.6 Å². The third-order valence-electron chi connectivity index (χ3n) is 5.57. The smallest absolute Gasteiger partial charge is 0.224 e. The fourth-order valence-electron chi connectivity index (χ4n) is 4.22.